The van der Waals surface area contributed by atoms with Gasteiger partial charge in [0.05, 0.1) is 12.7 Å². The third-order valence-corrected chi connectivity index (χ3v) is 4.94. The molecule has 23 heavy (non-hydrogen) atoms. The molecule has 0 saturated carbocycles. The summed E-state index contributed by atoms with van der Waals surface area (Å²) < 4.78 is 6.80. The second-order valence-corrected chi connectivity index (χ2v) is 7.08. The first-order chi connectivity index (χ1) is 11.2. The van der Waals surface area contributed by atoms with Crippen LogP contribution in [0.1, 0.15) is 18.7 Å². The molecule has 0 aliphatic carbocycles. The summed E-state index contributed by atoms with van der Waals surface area (Å²) >= 11 is 3.50. The fourth-order valence-electron chi connectivity index (χ4n) is 3.29. The molecule has 1 fully saturated rings. The fourth-order valence-corrected chi connectivity index (χ4v) is 3.65. The molecule has 1 N–H and O–H groups in total. The van der Waals surface area contributed by atoms with Crippen LogP contribution in [0.3, 0.4) is 0 Å². The number of halogens is 1. The summed E-state index contributed by atoms with van der Waals surface area (Å²) in [6, 6.07) is 5.93. The van der Waals surface area contributed by atoms with Gasteiger partial charge in [-0.1, -0.05) is 15.9 Å². The Bertz CT molecular complexity index is 848. The van der Waals surface area contributed by atoms with Crippen molar-refractivity contribution in [1.29, 1.82) is 0 Å². The highest BCUT2D eigenvalue weighted by molar-refractivity contribution is 9.10. The minimum atomic E-state index is 0.261. The number of hydrogen-bond donors (Lipinski definition) is 1. The van der Waals surface area contributed by atoms with Crippen molar-refractivity contribution < 1.29 is 9.52 Å². The molecule has 0 amide bonds. The Labute approximate surface area is 142 Å². The van der Waals surface area contributed by atoms with Crippen LogP contribution in [0.4, 0.5) is 0 Å². The van der Waals surface area contributed by atoms with E-state index in [-0.39, 0.29) is 6.61 Å². The van der Waals surface area contributed by atoms with E-state index in [1.54, 1.807) is 6.20 Å². The molecule has 3 heterocycles. The molecule has 1 unspecified atom stereocenters. The molecule has 0 spiro atoms. The van der Waals surface area contributed by atoms with Gasteiger partial charge in [-0.2, -0.15) is 0 Å². The molecule has 0 bridgehead atoms. The first kappa shape index (κ1) is 15.1. The third kappa shape index (κ3) is 2.98. The predicted octanol–water partition coefficient (Wildman–Crippen LogP) is 3.34. The molecule has 1 aliphatic heterocycles. The number of nitrogens with zero attached hydrogens (tertiary/aromatic N) is 3. The average Bonchev–Trinajstić information content (AvgIpc) is 2.92. The molecule has 1 aromatic carbocycles. The van der Waals surface area contributed by atoms with E-state index in [4.69, 9.17) is 9.40 Å². The fraction of sp³-hybridized carbons (Fsp3) is 0.412. The minimum Gasteiger partial charge on any atom is -0.453 e. The lowest BCUT2D eigenvalue weighted by atomic mass is 9.99. The van der Waals surface area contributed by atoms with Crippen LogP contribution in [0, 0.1) is 5.92 Å². The number of piperidine rings is 1. The molecule has 1 aliphatic rings. The van der Waals surface area contributed by atoms with E-state index in [0.29, 0.717) is 18.0 Å². The summed E-state index contributed by atoms with van der Waals surface area (Å²) in [5.74, 6) is 1.18. The van der Waals surface area contributed by atoms with Crippen molar-refractivity contribution in [3.63, 3.8) is 0 Å². The molecule has 120 valence electrons. The Hall–Kier alpha value is -1.50. The van der Waals surface area contributed by atoms with Gasteiger partial charge in [0.1, 0.15) is 16.9 Å². The van der Waals surface area contributed by atoms with Gasteiger partial charge in [-0.3, -0.25) is 4.90 Å². The summed E-state index contributed by atoms with van der Waals surface area (Å²) in [5, 5.41) is 10.4. The third-order valence-electron chi connectivity index (χ3n) is 4.45. The highest BCUT2D eigenvalue weighted by Gasteiger charge is 2.20. The molecule has 1 atom stereocenters. The maximum absolute atomic E-state index is 9.36. The number of rotatable bonds is 3. The summed E-state index contributed by atoms with van der Waals surface area (Å²) in [6.45, 7) is 2.93. The first-order valence-corrected chi connectivity index (χ1v) is 8.69. The predicted molar refractivity (Wildman–Crippen MR) is 92.1 cm³/mol. The van der Waals surface area contributed by atoms with Gasteiger partial charge in [0.25, 0.3) is 0 Å². The summed E-state index contributed by atoms with van der Waals surface area (Å²) in [6.07, 6.45) is 3.99. The van der Waals surface area contributed by atoms with Gasteiger partial charge in [0, 0.05) is 23.0 Å². The van der Waals surface area contributed by atoms with Gasteiger partial charge >= 0.3 is 0 Å². The lowest BCUT2D eigenvalue weighted by Gasteiger charge is -2.31. The van der Waals surface area contributed by atoms with Crippen molar-refractivity contribution in [2.75, 3.05) is 19.7 Å². The molecule has 3 aromatic rings. The molecule has 0 radical (unpaired) electrons. The van der Waals surface area contributed by atoms with Crippen molar-refractivity contribution in [3.8, 4) is 0 Å². The smallest absolute Gasteiger partial charge is 0.172 e. The van der Waals surface area contributed by atoms with Crippen molar-refractivity contribution in [1.82, 2.24) is 14.9 Å². The first-order valence-electron chi connectivity index (χ1n) is 7.90. The van der Waals surface area contributed by atoms with Crippen molar-refractivity contribution in [3.05, 3.63) is 34.7 Å². The SMILES string of the molecule is OCC1CCCN(Cc2ncc3oc4ccc(Br)cc4c3n2)C1. The normalized spacial score (nSPS) is 19.7. The summed E-state index contributed by atoms with van der Waals surface area (Å²) in [4.78, 5) is 11.5. The lowest BCUT2D eigenvalue weighted by molar-refractivity contribution is 0.114. The van der Waals surface area contributed by atoms with E-state index >= 15 is 0 Å². The van der Waals surface area contributed by atoms with Crippen LogP contribution in [-0.2, 0) is 6.54 Å². The maximum atomic E-state index is 9.36. The molecule has 1 saturated heterocycles. The second-order valence-electron chi connectivity index (χ2n) is 6.17. The Morgan fingerprint density at radius 2 is 2.26 bits per heavy atom. The lowest BCUT2D eigenvalue weighted by Crippen LogP contribution is -2.36. The van der Waals surface area contributed by atoms with Gasteiger partial charge in [0.15, 0.2) is 5.58 Å². The topological polar surface area (TPSA) is 62.4 Å². The zero-order chi connectivity index (χ0) is 15.8. The maximum Gasteiger partial charge on any atom is 0.172 e. The number of hydrogen-bond acceptors (Lipinski definition) is 5. The van der Waals surface area contributed by atoms with Crippen molar-refractivity contribution in [2.24, 2.45) is 5.92 Å². The molecular weight excluding hydrogens is 358 g/mol. The van der Waals surface area contributed by atoms with Crippen LogP contribution in [-0.4, -0.2) is 39.7 Å². The monoisotopic (exact) mass is 375 g/mol. The van der Waals surface area contributed by atoms with Crippen LogP contribution in [0.25, 0.3) is 22.1 Å². The van der Waals surface area contributed by atoms with E-state index < -0.39 is 0 Å². The van der Waals surface area contributed by atoms with Crippen LogP contribution >= 0.6 is 15.9 Å². The average molecular weight is 376 g/mol. The number of likely N-dealkylation sites (tertiary alicyclic amines) is 1. The number of aliphatic hydroxyl groups is 1. The zero-order valence-electron chi connectivity index (χ0n) is 12.7. The Morgan fingerprint density at radius 1 is 1.35 bits per heavy atom. The molecular formula is C17H18BrN3O2. The van der Waals surface area contributed by atoms with Crippen molar-refractivity contribution in [2.45, 2.75) is 19.4 Å². The molecule has 2 aromatic heterocycles. The van der Waals surface area contributed by atoms with E-state index in [1.165, 1.54) is 0 Å². The van der Waals surface area contributed by atoms with Crippen LogP contribution in [0.5, 0.6) is 0 Å². The summed E-state index contributed by atoms with van der Waals surface area (Å²) in [7, 11) is 0. The van der Waals surface area contributed by atoms with E-state index in [1.807, 2.05) is 18.2 Å². The van der Waals surface area contributed by atoms with Gasteiger partial charge in [-0.15, -0.1) is 0 Å². The van der Waals surface area contributed by atoms with Gasteiger partial charge in [0.2, 0.25) is 0 Å². The molecule has 5 nitrogen and oxygen atoms in total. The van der Waals surface area contributed by atoms with E-state index in [0.717, 1.165) is 52.7 Å². The minimum absolute atomic E-state index is 0.261. The van der Waals surface area contributed by atoms with Crippen LogP contribution in [0.2, 0.25) is 0 Å². The number of aliphatic hydroxyl groups excluding tert-OH is 1. The second kappa shape index (κ2) is 6.19. The van der Waals surface area contributed by atoms with Gasteiger partial charge in [-0.25, -0.2) is 9.97 Å². The van der Waals surface area contributed by atoms with Gasteiger partial charge in [-0.05, 0) is 43.5 Å². The molecule has 6 heteroatoms. The zero-order valence-corrected chi connectivity index (χ0v) is 14.3. The number of fused-ring (bicyclic) bond motifs is 3. The number of furan rings is 1. The molecule has 4 rings (SSSR count). The summed E-state index contributed by atoms with van der Waals surface area (Å²) in [5.41, 5.74) is 2.41. The van der Waals surface area contributed by atoms with E-state index in [9.17, 15) is 5.11 Å². The van der Waals surface area contributed by atoms with Crippen LogP contribution < -0.4 is 0 Å². The van der Waals surface area contributed by atoms with Crippen molar-refractivity contribution >= 4 is 38.0 Å². The van der Waals surface area contributed by atoms with E-state index in [2.05, 4.69) is 25.8 Å². The Kier molecular flexibility index (Phi) is 4.05. The van der Waals surface area contributed by atoms with Crippen LogP contribution in [0.15, 0.2) is 33.3 Å². The van der Waals surface area contributed by atoms with Gasteiger partial charge < -0.3 is 9.52 Å². The highest BCUT2D eigenvalue weighted by atomic mass is 79.9. The highest BCUT2D eigenvalue weighted by Crippen LogP contribution is 2.29. The Morgan fingerprint density at radius 3 is 3.13 bits per heavy atom. The standard InChI is InChI=1S/C17H18BrN3O2/c18-12-3-4-14-13(6-12)17-15(23-14)7-19-16(20-17)9-21-5-1-2-11(8-21)10-22/h3-4,6-7,11,22H,1-2,5,8-10H2. The largest absolute Gasteiger partial charge is 0.453 e. The Balaban J connectivity index is 1.65. The number of benzene rings is 1. The number of aromatic nitrogens is 2. The quantitative estimate of drug-likeness (QED) is 0.760.